The lowest BCUT2D eigenvalue weighted by molar-refractivity contribution is 0.0696. The highest BCUT2D eigenvalue weighted by Gasteiger charge is 2.07. The summed E-state index contributed by atoms with van der Waals surface area (Å²) < 4.78 is 17.8. The van der Waals surface area contributed by atoms with Gasteiger partial charge in [0, 0.05) is 18.7 Å². The number of hydrogen-bond donors (Lipinski definition) is 3. The first-order valence-electron chi connectivity index (χ1n) is 5.15. The monoisotopic (exact) mass is 256 g/mol. The van der Waals surface area contributed by atoms with Crippen molar-refractivity contribution in [1.29, 1.82) is 0 Å². The minimum absolute atomic E-state index is 0.0154. The summed E-state index contributed by atoms with van der Waals surface area (Å²) in [5.74, 6) is -1.61. The molecule has 1 aromatic carbocycles. The highest BCUT2D eigenvalue weighted by Crippen LogP contribution is 2.10. The number of benzene rings is 1. The second kappa shape index (κ2) is 6.55. The Morgan fingerprint density at radius 2 is 2.17 bits per heavy atom. The van der Waals surface area contributed by atoms with Crippen LogP contribution in [0.1, 0.15) is 15.9 Å². The summed E-state index contributed by atoms with van der Waals surface area (Å²) in [6, 6.07) is 3.54. The van der Waals surface area contributed by atoms with Gasteiger partial charge in [-0.05, 0) is 18.2 Å². The Kier molecular flexibility index (Phi) is 5.06. The highest BCUT2D eigenvalue weighted by molar-refractivity contribution is 5.87. The Balaban J connectivity index is 2.48. The van der Waals surface area contributed by atoms with E-state index in [-0.39, 0.29) is 24.3 Å². The van der Waals surface area contributed by atoms with Gasteiger partial charge in [0.15, 0.2) is 0 Å². The second-order valence-electron chi connectivity index (χ2n) is 3.46. The molecule has 0 aromatic heterocycles. The molecular weight excluding hydrogens is 243 g/mol. The molecule has 0 radical (unpaired) electrons. The number of aromatic carboxylic acids is 1. The molecule has 7 heteroatoms. The molecular formula is C11H13FN2O4. The van der Waals surface area contributed by atoms with Gasteiger partial charge in [-0.3, -0.25) is 0 Å². The third kappa shape index (κ3) is 4.38. The van der Waals surface area contributed by atoms with E-state index in [1.54, 1.807) is 0 Å². The maximum Gasteiger partial charge on any atom is 0.404 e. The van der Waals surface area contributed by atoms with Gasteiger partial charge in [0.25, 0.3) is 0 Å². The molecule has 18 heavy (non-hydrogen) atoms. The van der Waals surface area contributed by atoms with Gasteiger partial charge >= 0.3 is 12.1 Å². The number of ether oxygens (including phenoxy) is 1. The lowest BCUT2D eigenvalue weighted by Gasteiger charge is -2.07. The van der Waals surface area contributed by atoms with Crippen LogP contribution in [0.5, 0.6) is 0 Å². The fourth-order valence-corrected chi connectivity index (χ4v) is 1.29. The normalized spacial score (nSPS) is 10.1. The van der Waals surface area contributed by atoms with Gasteiger partial charge in [0.05, 0.1) is 5.56 Å². The van der Waals surface area contributed by atoms with Crippen LogP contribution >= 0.6 is 0 Å². The fourth-order valence-electron chi connectivity index (χ4n) is 1.29. The molecule has 0 bridgehead atoms. The number of hydrogen-bond acceptors (Lipinski definition) is 4. The zero-order valence-corrected chi connectivity index (χ0v) is 9.48. The van der Waals surface area contributed by atoms with Crippen LogP contribution in [-0.4, -0.2) is 30.3 Å². The van der Waals surface area contributed by atoms with Crippen molar-refractivity contribution in [3.63, 3.8) is 0 Å². The van der Waals surface area contributed by atoms with Crippen LogP contribution < -0.4 is 11.1 Å². The van der Waals surface area contributed by atoms with Crippen molar-refractivity contribution in [3.8, 4) is 0 Å². The van der Waals surface area contributed by atoms with Crippen molar-refractivity contribution in [1.82, 2.24) is 5.32 Å². The molecule has 1 rings (SSSR count). The molecule has 0 aliphatic rings. The third-order valence-corrected chi connectivity index (χ3v) is 2.13. The highest BCUT2D eigenvalue weighted by atomic mass is 19.1. The third-order valence-electron chi connectivity index (χ3n) is 2.13. The molecule has 98 valence electrons. The average molecular weight is 256 g/mol. The number of nitrogens with two attached hydrogens (primary N) is 1. The van der Waals surface area contributed by atoms with Crippen molar-refractivity contribution in [3.05, 3.63) is 35.1 Å². The zero-order valence-electron chi connectivity index (χ0n) is 9.48. The van der Waals surface area contributed by atoms with Crippen LogP contribution in [0.25, 0.3) is 0 Å². The van der Waals surface area contributed by atoms with Gasteiger partial charge in [0.1, 0.15) is 12.4 Å². The van der Waals surface area contributed by atoms with E-state index in [1.165, 1.54) is 12.1 Å². The smallest absolute Gasteiger partial charge is 0.404 e. The number of carboxylic acid groups (broad SMARTS) is 1. The molecule has 0 atom stereocenters. The summed E-state index contributed by atoms with van der Waals surface area (Å²) in [4.78, 5) is 21.0. The van der Waals surface area contributed by atoms with E-state index in [0.29, 0.717) is 6.54 Å². The van der Waals surface area contributed by atoms with Crippen LogP contribution in [0.4, 0.5) is 9.18 Å². The van der Waals surface area contributed by atoms with E-state index in [4.69, 9.17) is 10.8 Å². The number of carbonyl (C=O) groups excluding carboxylic acids is 1. The Morgan fingerprint density at radius 1 is 1.44 bits per heavy atom. The fraction of sp³-hybridized carbons (Fsp3) is 0.273. The molecule has 0 saturated carbocycles. The van der Waals surface area contributed by atoms with Gasteiger partial charge < -0.3 is 20.9 Å². The molecule has 0 spiro atoms. The zero-order chi connectivity index (χ0) is 13.5. The number of primary amides is 1. The molecule has 0 aliphatic carbocycles. The van der Waals surface area contributed by atoms with Crippen LogP contribution in [0.15, 0.2) is 18.2 Å². The van der Waals surface area contributed by atoms with Crippen molar-refractivity contribution >= 4 is 12.1 Å². The van der Waals surface area contributed by atoms with Crippen LogP contribution in [-0.2, 0) is 11.3 Å². The first-order valence-corrected chi connectivity index (χ1v) is 5.15. The SMILES string of the molecule is NC(=O)OCCNCc1cc(C(=O)O)ccc1F. The number of rotatable bonds is 6. The van der Waals surface area contributed by atoms with Crippen molar-refractivity contribution in [2.45, 2.75) is 6.54 Å². The van der Waals surface area contributed by atoms with Gasteiger partial charge in [-0.25, -0.2) is 14.0 Å². The Labute approximate surface area is 103 Å². The summed E-state index contributed by atoms with van der Waals surface area (Å²) in [6.07, 6.45) is -0.879. The molecule has 4 N–H and O–H groups in total. The number of carbonyl (C=O) groups is 2. The van der Waals surface area contributed by atoms with Crippen LogP contribution in [0, 0.1) is 5.82 Å². The van der Waals surface area contributed by atoms with Gasteiger partial charge in [0.2, 0.25) is 0 Å². The molecule has 0 fully saturated rings. The first kappa shape index (κ1) is 13.9. The van der Waals surface area contributed by atoms with Crippen molar-refractivity contribution < 1.29 is 23.8 Å². The molecule has 1 aromatic rings. The lowest BCUT2D eigenvalue weighted by Crippen LogP contribution is -2.23. The molecule has 6 nitrogen and oxygen atoms in total. The summed E-state index contributed by atoms with van der Waals surface area (Å²) in [6.45, 7) is 0.490. The van der Waals surface area contributed by atoms with Crippen molar-refractivity contribution in [2.75, 3.05) is 13.2 Å². The van der Waals surface area contributed by atoms with E-state index in [0.717, 1.165) is 6.07 Å². The molecule has 0 saturated heterocycles. The minimum Gasteiger partial charge on any atom is -0.478 e. The van der Waals surface area contributed by atoms with E-state index in [2.05, 4.69) is 10.1 Å². The van der Waals surface area contributed by atoms with Crippen molar-refractivity contribution in [2.24, 2.45) is 5.73 Å². The van der Waals surface area contributed by atoms with E-state index >= 15 is 0 Å². The topological polar surface area (TPSA) is 102 Å². The lowest BCUT2D eigenvalue weighted by atomic mass is 10.1. The summed E-state index contributed by atoms with van der Waals surface area (Å²) >= 11 is 0. The molecule has 1 amide bonds. The number of nitrogens with one attached hydrogen (secondary N) is 1. The quantitative estimate of drug-likeness (QED) is 0.650. The largest absolute Gasteiger partial charge is 0.478 e. The Bertz CT molecular complexity index is 451. The average Bonchev–Trinajstić information content (AvgIpc) is 2.30. The molecule has 0 aliphatic heterocycles. The maximum atomic E-state index is 13.3. The minimum atomic E-state index is -1.12. The standard InChI is InChI=1S/C11H13FN2O4/c12-9-2-1-7(10(15)16)5-8(9)6-14-3-4-18-11(13)17/h1-2,5,14H,3-4,6H2,(H2,13,17)(H,15,16). The summed E-state index contributed by atoms with van der Waals surface area (Å²) in [7, 11) is 0. The number of carboxylic acids is 1. The number of amides is 1. The predicted molar refractivity (Wildman–Crippen MR) is 60.6 cm³/mol. The van der Waals surface area contributed by atoms with Gasteiger partial charge in [-0.2, -0.15) is 0 Å². The van der Waals surface area contributed by atoms with E-state index < -0.39 is 17.9 Å². The van der Waals surface area contributed by atoms with Crippen LogP contribution in [0.3, 0.4) is 0 Å². The summed E-state index contributed by atoms with van der Waals surface area (Å²) in [5, 5.41) is 11.6. The Morgan fingerprint density at radius 3 is 2.78 bits per heavy atom. The predicted octanol–water partition coefficient (Wildman–Crippen LogP) is 0.709. The first-order chi connectivity index (χ1) is 8.50. The van der Waals surface area contributed by atoms with E-state index in [1.807, 2.05) is 0 Å². The molecule has 0 unspecified atom stereocenters. The maximum absolute atomic E-state index is 13.3. The Hall–Kier alpha value is -2.15. The van der Waals surface area contributed by atoms with Crippen LogP contribution in [0.2, 0.25) is 0 Å². The van der Waals surface area contributed by atoms with E-state index in [9.17, 15) is 14.0 Å². The number of halogens is 1. The molecule has 0 heterocycles. The van der Waals surface area contributed by atoms with Gasteiger partial charge in [-0.15, -0.1) is 0 Å². The second-order valence-corrected chi connectivity index (χ2v) is 3.46. The summed E-state index contributed by atoms with van der Waals surface area (Å²) in [5.41, 5.74) is 4.99. The van der Waals surface area contributed by atoms with Gasteiger partial charge in [-0.1, -0.05) is 0 Å².